The molecule has 4 nitrogen and oxygen atoms in total. The number of aromatic nitrogens is 1. The van der Waals surface area contributed by atoms with Gasteiger partial charge in [0.15, 0.2) is 0 Å². The summed E-state index contributed by atoms with van der Waals surface area (Å²) in [6.07, 6.45) is 2.00. The third-order valence-corrected chi connectivity index (χ3v) is 7.12. The zero-order chi connectivity index (χ0) is 22.8. The van der Waals surface area contributed by atoms with Gasteiger partial charge < -0.3 is 9.47 Å². The summed E-state index contributed by atoms with van der Waals surface area (Å²) in [7, 11) is 0. The topological polar surface area (TPSA) is 28.5 Å². The molecule has 1 fully saturated rings. The average Bonchev–Trinajstić information content (AvgIpc) is 3.23. The van der Waals surface area contributed by atoms with Gasteiger partial charge in [0.25, 0.3) is 0 Å². The third kappa shape index (κ3) is 4.86. The average molecular weight is 523 g/mol. The van der Waals surface area contributed by atoms with Crippen LogP contribution in [0.5, 0.6) is 0 Å². The maximum Gasteiger partial charge on any atom is 0.242 e. The number of fused-ring (bicyclic) bond motifs is 1. The first kappa shape index (κ1) is 22.2. The van der Waals surface area contributed by atoms with Gasteiger partial charge in [0.1, 0.15) is 6.54 Å². The van der Waals surface area contributed by atoms with Gasteiger partial charge in [0.2, 0.25) is 5.91 Å². The molecule has 0 unspecified atom stereocenters. The first-order valence-electron chi connectivity index (χ1n) is 11.1. The Bertz CT molecular complexity index is 1250. The summed E-state index contributed by atoms with van der Waals surface area (Å²) < 4.78 is 3.08. The lowest BCUT2D eigenvalue weighted by Gasteiger charge is -2.40. The number of amides is 1. The molecule has 1 saturated heterocycles. The van der Waals surface area contributed by atoms with Crippen molar-refractivity contribution < 1.29 is 4.79 Å². The predicted octanol–water partition coefficient (Wildman–Crippen LogP) is 5.99. The minimum Gasteiger partial charge on any atom is -0.339 e. The zero-order valence-electron chi connectivity index (χ0n) is 18.2. The molecule has 1 amide bonds. The highest BCUT2D eigenvalue weighted by Gasteiger charge is 2.28. The SMILES string of the molecule is O=C(Cn1ccc2cc(Br)ccc21)N1CCN([C@H](c2ccccc2)c2ccc(Cl)cc2)CC1. The van der Waals surface area contributed by atoms with Gasteiger partial charge in [-0.25, -0.2) is 0 Å². The summed E-state index contributed by atoms with van der Waals surface area (Å²) in [4.78, 5) is 17.5. The summed E-state index contributed by atoms with van der Waals surface area (Å²) in [5.41, 5.74) is 3.55. The number of rotatable bonds is 5. The number of hydrogen-bond acceptors (Lipinski definition) is 2. The van der Waals surface area contributed by atoms with Crippen molar-refractivity contribution in [2.75, 3.05) is 26.2 Å². The second-order valence-corrected chi connectivity index (χ2v) is 9.78. The molecular weight excluding hydrogens is 498 g/mol. The fraction of sp³-hybridized carbons (Fsp3) is 0.222. The molecule has 3 aromatic carbocycles. The van der Waals surface area contributed by atoms with Crippen LogP contribution in [0.25, 0.3) is 10.9 Å². The van der Waals surface area contributed by atoms with Gasteiger partial charge in [0.05, 0.1) is 6.04 Å². The minimum absolute atomic E-state index is 0.146. The molecule has 0 N–H and O–H groups in total. The molecule has 1 aliphatic rings. The molecule has 168 valence electrons. The van der Waals surface area contributed by atoms with E-state index < -0.39 is 0 Å². The van der Waals surface area contributed by atoms with Crippen LogP contribution in [0.1, 0.15) is 17.2 Å². The quantitative estimate of drug-likeness (QED) is 0.322. The van der Waals surface area contributed by atoms with Crippen molar-refractivity contribution in [2.24, 2.45) is 0 Å². The first-order chi connectivity index (χ1) is 16.1. The van der Waals surface area contributed by atoms with Crippen LogP contribution in [0, 0.1) is 0 Å². The summed E-state index contributed by atoms with van der Waals surface area (Å²) in [5.74, 6) is 0.165. The highest BCUT2D eigenvalue weighted by atomic mass is 79.9. The van der Waals surface area contributed by atoms with E-state index in [1.807, 2.05) is 39.9 Å². The molecule has 0 bridgehead atoms. The number of piperazine rings is 1. The Hall–Kier alpha value is -2.60. The van der Waals surface area contributed by atoms with Gasteiger partial charge in [-0.05, 0) is 47.5 Å². The normalized spacial score (nSPS) is 15.6. The van der Waals surface area contributed by atoms with Crippen LogP contribution in [-0.4, -0.2) is 46.5 Å². The number of nitrogens with zero attached hydrogens (tertiary/aromatic N) is 3. The summed E-state index contributed by atoms with van der Waals surface area (Å²) >= 11 is 9.66. The van der Waals surface area contributed by atoms with E-state index in [2.05, 4.69) is 75.4 Å². The maximum absolute atomic E-state index is 13.1. The van der Waals surface area contributed by atoms with E-state index in [0.29, 0.717) is 6.54 Å². The Balaban J connectivity index is 1.29. The molecule has 5 rings (SSSR count). The first-order valence-corrected chi connectivity index (χ1v) is 12.3. The third-order valence-electron chi connectivity index (χ3n) is 6.37. The molecule has 0 aliphatic carbocycles. The van der Waals surface area contributed by atoms with Gasteiger partial charge in [-0.3, -0.25) is 9.69 Å². The van der Waals surface area contributed by atoms with Crippen molar-refractivity contribution in [3.63, 3.8) is 0 Å². The van der Waals surface area contributed by atoms with Crippen molar-refractivity contribution in [3.05, 3.63) is 106 Å². The highest BCUT2D eigenvalue weighted by Crippen LogP contribution is 2.30. The van der Waals surface area contributed by atoms with Crippen molar-refractivity contribution in [3.8, 4) is 0 Å². The number of halogens is 2. The van der Waals surface area contributed by atoms with Crippen molar-refractivity contribution in [2.45, 2.75) is 12.6 Å². The molecule has 0 radical (unpaired) electrons. The Kier molecular flexibility index (Phi) is 6.54. The predicted molar refractivity (Wildman–Crippen MR) is 138 cm³/mol. The fourth-order valence-corrected chi connectivity index (χ4v) is 5.18. The van der Waals surface area contributed by atoms with E-state index in [1.54, 1.807) is 0 Å². The molecule has 1 atom stereocenters. The molecule has 0 saturated carbocycles. The van der Waals surface area contributed by atoms with Crippen molar-refractivity contribution in [1.82, 2.24) is 14.4 Å². The van der Waals surface area contributed by atoms with E-state index in [9.17, 15) is 4.79 Å². The molecule has 1 aromatic heterocycles. The Morgan fingerprint density at radius 1 is 0.879 bits per heavy atom. The van der Waals surface area contributed by atoms with Crippen LogP contribution >= 0.6 is 27.5 Å². The lowest BCUT2D eigenvalue weighted by atomic mass is 9.96. The summed E-state index contributed by atoms with van der Waals surface area (Å²) in [6, 6.07) is 27.0. The summed E-state index contributed by atoms with van der Waals surface area (Å²) in [5, 5.41) is 1.88. The fourth-order valence-electron chi connectivity index (χ4n) is 4.68. The van der Waals surface area contributed by atoms with Crippen LogP contribution in [0.2, 0.25) is 5.02 Å². The molecule has 2 heterocycles. The van der Waals surface area contributed by atoms with E-state index in [-0.39, 0.29) is 11.9 Å². The summed E-state index contributed by atoms with van der Waals surface area (Å²) in [6.45, 7) is 3.46. The molecular formula is C27H25BrClN3O. The van der Waals surface area contributed by atoms with Crippen molar-refractivity contribution in [1.29, 1.82) is 0 Å². The minimum atomic E-state index is 0.146. The van der Waals surface area contributed by atoms with Crippen molar-refractivity contribution >= 4 is 44.3 Å². The van der Waals surface area contributed by atoms with Crippen LogP contribution in [0.4, 0.5) is 0 Å². The van der Waals surface area contributed by atoms with Crippen LogP contribution in [-0.2, 0) is 11.3 Å². The molecule has 1 aliphatic heterocycles. The number of carbonyl (C=O) groups is 1. The number of benzene rings is 3. The smallest absolute Gasteiger partial charge is 0.242 e. The van der Waals surface area contributed by atoms with Gasteiger partial charge >= 0.3 is 0 Å². The second kappa shape index (κ2) is 9.72. The maximum atomic E-state index is 13.1. The van der Waals surface area contributed by atoms with E-state index >= 15 is 0 Å². The standard InChI is InChI=1S/C27H25BrClN3O/c28-23-8-11-25-22(18-23)12-13-32(25)19-26(33)30-14-16-31(17-15-30)27(20-4-2-1-3-5-20)21-6-9-24(29)10-7-21/h1-13,18,27H,14-17,19H2/t27-/m1/s1. The lowest BCUT2D eigenvalue weighted by molar-refractivity contribution is -0.133. The Morgan fingerprint density at radius 3 is 2.30 bits per heavy atom. The monoisotopic (exact) mass is 521 g/mol. The van der Waals surface area contributed by atoms with Gasteiger partial charge in [-0.15, -0.1) is 0 Å². The van der Waals surface area contributed by atoms with E-state index in [1.165, 1.54) is 11.1 Å². The Morgan fingerprint density at radius 2 is 1.58 bits per heavy atom. The highest BCUT2D eigenvalue weighted by molar-refractivity contribution is 9.10. The lowest BCUT2D eigenvalue weighted by Crippen LogP contribution is -2.50. The number of hydrogen-bond donors (Lipinski definition) is 0. The van der Waals surface area contributed by atoms with E-state index in [0.717, 1.165) is 46.6 Å². The van der Waals surface area contributed by atoms with Crippen LogP contribution in [0.15, 0.2) is 89.5 Å². The number of carbonyl (C=O) groups excluding carboxylic acids is 1. The largest absolute Gasteiger partial charge is 0.339 e. The van der Waals surface area contributed by atoms with E-state index in [4.69, 9.17) is 11.6 Å². The van der Waals surface area contributed by atoms with Crippen LogP contribution < -0.4 is 0 Å². The van der Waals surface area contributed by atoms with Crippen LogP contribution in [0.3, 0.4) is 0 Å². The van der Waals surface area contributed by atoms with Gasteiger partial charge in [-0.1, -0.05) is 70.0 Å². The van der Waals surface area contributed by atoms with Gasteiger partial charge in [0, 0.05) is 52.8 Å². The molecule has 0 spiro atoms. The molecule has 6 heteroatoms. The molecule has 33 heavy (non-hydrogen) atoms. The second-order valence-electron chi connectivity index (χ2n) is 8.43. The van der Waals surface area contributed by atoms with Gasteiger partial charge in [-0.2, -0.15) is 0 Å². The Labute approximate surface area is 207 Å². The molecule has 4 aromatic rings. The zero-order valence-corrected chi connectivity index (χ0v) is 20.5.